The van der Waals surface area contributed by atoms with E-state index in [4.69, 9.17) is 4.74 Å². The highest BCUT2D eigenvalue weighted by atomic mass is 16.5. The normalized spacial score (nSPS) is 10.7. The average molecular weight is 206 g/mol. The maximum atomic E-state index is 11.1. The summed E-state index contributed by atoms with van der Waals surface area (Å²) in [5, 5.41) is 0. The van der Waals surface area contributed by atoms with E-state index >= 15 is 0 Å². The summed E-state index contributed by atoms with van der Waals surface area (Å²) < 4.78 is 5.54. The Bertz CT molecular complexity index is 329. The zero-order chi connectivity index (χ0) is 11.3. The van der Waals surface area contributed by atoms with Crippen molar-refractivity contribution in [3.8, 4) is 0 Å². The van der Waals surface area contributed by atoms with E-state index in [9.17, 15) is 4.79 Å². The summed E-state index contributed by atoms with van der Waals surface area (Å²) in [6.07, 6.45) is 0.716. The van der Waals surface area contributed by atoms with Gasteiger partial charge in [0.2, 0.25) is 0 Å². The molecule has 0 N–H and O–H groups in total. The Morgan fingerprint density at radius 3 is 2.40 bits per heavy atom. The van der Waals surface area contributed by atoms with E-state index in [1.807, 2.05) is 38.1 Å². The van der Waals surface area contributed by atoms with E-state index in [2.05, 4.69) is 0 Å². The number of ketones is 1. The Morgan fingerprint density at radius 1 is 1.27 bits per heavy atom. The molecule has 0 bridgehead atoms. The van der Waals surface area contributed by atoms with Crippen molar-refractivity contribution in [2.24, 2.45) is 0 Å². The van der Waals surface area contributed by atoms with Crippen LogP contribution >= 0.6 is 0 Å². The smallest absolute Gasteiger partial charge is 0.134 e. The van der Waals surface area contributed by atoms with Gasteiger partial charge in [-0.2, -0.15) is 0 Å². The summed E-state index contributed by atoms with van der Waals surface area (Å²) in [4.78, 5) is 11.1. The molecule has 0 aliphatic heterocycles. The molecule has 0 saturated carbocycles. The van der Waals surface area contributed by atoms with Crippen molar-refractivity contribution in [2.45, 2.75) is 39.9 Å². The Morgan fingerprint density at radius 2 is 1.87 bits per heavy atom. The van der Waals surface area contributed by atoms with Crippen molar-refractivity contribution in [3.63, 3.8) is 0 Å². The van der Waals surface area contributed by atoms with E-state index in [1.54, 1.807) is 6.92 Å². The molecule has 2 heteroatoms. The maximum absolute atomic E-state index is 11.1. The number of hydrogen-bond donors (Lipinski definition) is 0. The molecule has 0 heterocycles. The van der Waals surface area contributed by atoms with E-state index < -0.39 is 0 Å². The molecule has 0 atom stereocenters. The van der Waals surface area contributed by atoms with Crippen LogP contribution in [0.4, 0.5) is 0 Å². The van der Waals surface area contributed by atoms with Crippen LogP contribution in [0.2, 0.25) is 0 Å². The fourth-order valence-electron chi connectivity index (χ4n) is 1.40. The number of ether oxygens (including phenoxy) is 1. The highest BCUT2D eigenvalue weighted by Gasteiger charge is 2.05. The number of Topliss-reactive ketones (excluding diaryl/α,β-unsaturated/α-hetero) is 1. The third-order valence-electron chi connectivity index (χ3n) is 2.13. The van der Waals surface area contributed by atoms with Crippen LogP contribution < -0.4 is 0 Å². The molecule has 0 spiro atoms. The van der Waals surface area contributed by atoms with Gasteiger partial charge in [0.05, 0.1) is 12.7 Å². The first-order chi connectivity index (χ1) is 7.09. The summed E-state index contributed by atoms with van der Waals surface area (Å²) in [7, 11) is 0. The van der Waals surface area contributed by atoms with E-state index in [0.717, 1.165) is 11.1 Å². The average Bonchev–Trinajstić information content (AvgIpc) is 2.15. The second-order valence-electron chi connectivity index (χ2n) is 4.01. The standard InChI is InChI=1S/C13H18O2/c1-10(2)15-9-13-7-5-4-6-12(13)8-11(3)14/h4-7,10H,8-9H2,1-3H3. The summed E-state index contributed by atoms with van der Waals surface area (Å²) in [5.41, 5.74) is 2.19. The number of benzene rings is 1. The molecule has 0 fully saturated rings. The summed E-state index contributed by atoms with van der Waals surface area (Å²) in [5.74, 6) is 0.187. The first-order valence-corrected chi connectivity index (χ1v) is 5.27. The minimum atomic E-state index is 0.187. The van der Waals surface area contributed by atoms with E-state index in [1.165, 1.54) is 0 Å². The van der Waals surface area contributed by atoms with Gasteiger partial charge in [-0.05, 0) is 31.9 Å². The van der Waals surface area contributed by atoms with E-state index in [-0.39, 0.29) is 11.9 Å². The fraction of sp³-hybridized carbons (Fsp3) is 0.462. The lowest BCUT2D eigenvalue weighted by atomic mass is 10.0. The van der Waals surface area contributed by atoms with Gasteiger partial charge in [-0.15, -0.1) is 0 Å². The minimum absolute atomic E-state index is 0.187. The van der Waals surface area contributed by atoms with Gasteiger partial charge in [-0.3, -0.25) is 4.79 Å². The first-order valence-electron chi connectivity index (χ1n) is 5.27. The molecule has 0 unspecified atom stereocenters. The highest BCUT2D eigenvalue weighted by molar-refractivity contribution is 5.78. The van der Waals surface area contributed by atoms with E-state index in [0.29, 0.717) is 13.0 Å². The molecule has 0 amide bonds. The van der Waals surface area contributed by atoms with Gasteiger partial charge in [0.1, 0.15) is 5.78 Å². The van der Waals surface area contributed by atoms with Gasteiger partial charge in [-0.1, -0.05) is 24.3 Å². The molecule has 0 radical (unpaired) electrons. The predicted octanol–water partition coefficient (Wildman–Crippen LogP) is 2.74. The van der Waals surface area contributed by atoms with Crippen LogP contribution in [0.1, 0.15) is 31.9 Å². The number of hydrogen-bond acceptors (Lipinski definition) is 2. The van der Waals surface area contributed by atoms with Gasteiger partial charge in [0.25, 0.3) is 0 Å². The molecule has 15 heavy (non-hydrogen) atoms. The zero-order valence-corrected chi connectivity index (χ0v) is 9.62. The summed E-state index contributed by atoms with van der Waals surface area (Å²) in [6.45, 7) is 6.21. The zero-order valence-electron chi connectivity index (χ0n) is 9.62. The quantitative estimate of drug-likeness (QED) is 0.740. The summed E-state index contributed by atoms with van der Waals surface area (Å²) >= 11 is 0. The van der Waals surface area contributed by atoms with Gasteiger partial charge in [0.15, 0.2) is 0 Å². The van der Waals surface area contributed by atoms with Crippen LogP contribution in [0, 0.1) is 0 Å². The monoisotopic (exact) mass is 206 g/mol. The van der Waals surface area contributed by atoms with Crippen molar-refractivity contribution in [2.75, 3.05) is 0 Å². The van der Waals surface area contributed by atoms with Gasteiger partial charge < -0.3 is 4.74 Å². The lowest BCUT2D eigenvalue weighted by Crippen LogP contribution is -2.06. The number of carbonyl (C=O) groups excluding carboxylic acids is 1. The lowest BCUT2D eigenvalue weighted by Gasteiger charge is -2.11. The Hall–Kier alpha value is -1.15. The molecule has 1 aromatic carbocycles. The van der Waals surface area contributed by atoms with Gasteiger partial charge in [0, 0.05) is 6.42 Å². The molecule has 0 aliphatic rings. The van der Waals surface area contributed by atoms with Crippen LogP contribution in [0.25, 0.3) is 0 Å². The van der Waals surface area contributed by atoms with Crippen LogP contribution in [0.15, 0.2) is 24.3 Å². The molecule has 0 aromatic heterocycles. The molecule has 1 aromatic rings. The van der Waals surface area contributed by atoms with Crippen LogP contribution in [-0.2, 0) is 22.6 Å². The second kappa shape index (κ2) is 5.66. The molecular weight excluding hydrogens is 188 g/mol. The molecule has 2 nitrogen and oxygen atoms in total. The molecule has 82 valence electrons. The predicted molar refractivity (Wildman–Crippen MR) is 60.8 cm³/mol. The second-order valence-corrected chi connectivity index (χ2v) is 4.01. The Balaban J connectivity index is 2.72. The first kappa shape index (κ1) is 11.9. The Kier molecular flexibility index (Phi) is 4.50. The SMILES string of the molecule is CC(=O)Cc1ccccc1COC(C)C. The number of rotatable bonds is 5. The van der Waals surface area contributed by atoms with Crippen LogP contribution in [-0.4, -0.2) is 11.9 Å². The van der Waals surface area contributed by atoms with Crippen molar-refractivity contribution in [1.29, 1.82) is 0 Å². The molecule has 1 rings (SSSR count). The van der Waals surface area contributed by atoms with Crippen molar-refractivity contribution in [1.82, 2.24) is 0 Å². The number of carbonyl (C=O) groups is 1. The minimum Gasteiger partial charge on any atom is -0.374 e. The molecular formula is C13H18O2. The van der Waals surface area contributed by atoms with Crippen LogP contribution in [0.5, 0.6) is 0 Å². The van der Waals surface area contributed by atoms with Crippen molar-refractivity contribution >= 4 is 5.78 Å². The topological polar surface area (TPSA) is 26.3 Å². The molecule has 0 saturated heterocycles. The third-order valence-corrected chi connectivity index (χ3v) is 2.13. The fourth-order valence-corrected chi connectivity index (χ4v) is 1.40. The Labute approximate surface area is 91.3 Å². The summed E-state index contributed by atoms with van der Waals surface area (Å²) in [6, 6.07) is 7.93. The van der Waals surface area contributed by atoms with Gasteiger partial charge >= 0.3 is 0 Å². The van der Waals surface area contributed by atoms with Gasteiger partial charge in [-0.25, -0.2) is 0 Å². The third kappa shape index (κ3) is 4.26. The largest absolute Gasteiger partial charge is 0.374 e. The lowest BCUT2D eigenvalue weighted by molar-refractivity contribution is -0.116. The van der Waals surface area contributed by atoms with Crippen LogP contribution in [0.3, 0.4) is 0 Å². The maximum Gasteiger partial charge on any atom is 0.134 e. The van der Waals surface area contributed by atoms with Crippen molar-refractivity contribution < 1.29 is 9.53 Å². The molecule has 0 aliphatic carbocycles. The van der Waals surface area contributed by atoms with Crippen molar-refractivity contribution in [3.05, 3.63) is 35.4 Å². The highest BCUT2D eigenvalue weighted by Crippen LogP contribution is 2.12.